The average Bonchev–Trinajstić information content (AvgIpc) is 2.05. The highest BCUT2D eigenvalue weighted by molar-refractivity contribution is 7.85. The summed E-state index contributed by atoms with van der Waals surface area (Å²) >= 11 is 0. The molecule has 1 unspecified atom stereocenters. The van der Waals surface area contributed by atoms with Crippen LogP contribution in [-0.2, 0) is 11.0 Å². The van der Waals surface area contributed by atoms with Gasteiger partial charge in [-0.15, -0.1) is 6.42 Å². The van der Waals surface area contributed by atoms with Crippen molar-refractivity contribution >= 4 is 16.7 Å². The van der Waals surface area contributed by atoms with Crippen molar-refractivity contribution in [3.8, 4) is 12.3 Å². The maximum absolute atomic E-state index is 10.7. The van der Waals surface area contributed by atoms with Gasteiger partial charge < -0.3 is 4.72 Å². The Bertz CT molecular complexity index is 323. The van der Waals surface area contributed by atoms with Crippen molar-refractivity contribution in [2.45, 2.75) is 0 Å². The molecule has 0 aromatic heterocycles. The topological polar surface area (TPSA) is 29.1 Å². The highest BCUT2D eigenvalue weighted by Crippen LogP contribution is 2.08. The minimum Gasteiger partial charge on any atom is -0.305 e. The number of benzene rings is 1. The molecule has 12 heavy (non-hydrogen) atoms. The normalized spacial score (nSPS) is 11.7. The number of rotatable bonds is 2. The van der Waals surface area contributed by atoms with Crippen LogP contribution in [0.1, 0.15) is 5.56 Å². The largest absolute Gasteiger partial charge is 0.305 e. The minimum atomic E-state index is -1.03. The average molecular weight is 179 g/mol. The lowest BCUT2D eigenvalue weighted by Gasteiger charge is -2.00. The monoisotopic (exact) mass is 179 g/mol. The van der Waals surface area contributed by atoms with Crippen LogP contribution in [0.2, 0.25) is 0 Å². The standard InChI is InChI=1S/C9H9NOS/c1-3-8-4-6-9(7-5-8)10-12(2)11/h1,4-7,10H,2H3. The van der Waals surface area contributed by atoms with E-state index in [4.69, 9.17) is 6.42 Å². The van der Waals surface area contributed by atoms with E-state index in [-0.39, 0.29) is 0 Å². The van der Waals surface area contributed by atoms with E-state index in [1.165, 1.54) is 0 Å². The first-order valence-electron chi connectivity index (χ1n) is 3.39. The van der Waals surface area contributed by atoms with E-state index in [1.54, 1.807) is 30.5 Å². The summed E-state index contributed by atoms with van der Waals surface area (Å²) in [5.74, 6) is 2.50. The fourth-order valence-electron chi connectivity index (χ4n) is 0.800. The van der Waals surface area contributed by atoms with Crippen LogP contribution in [0.3, 0.4) is 0 Å². The van der Waals surface area contributed by atoms with E-state index in [0.717, 1.165) is 11.3 Å². The van der Waals surface area contributed by atoms with Crippen molar-refractivity contribution in [2.75, 3.05) is 11.0 Å². The molecule has 3 heteroatoms. The molecule has 0 radical (unpaired) electrons. The molecule has 0 aliphatic rings. The molecule has 0 heterocycles. The molecule has 0 bridgehead atoms. The Labute approximate surface area is 74.6 Å². The molecule has 0 aliphatic heterocycles. The predicted molar refractivity (Wildman–Crippen MR) is 52.1 cm³/mol. The molecule has 62 valence electrons. The molecule has 2 nitrogen and oxygen atoms in total. The van der Waals surface area contributed by atoms with Gasteiger partial charge in [0.25, 0.3) is 0 Å². The van der Waals surface area contributed by atoms with E-state index in [1.807, 2.05) is 0 Å². The molecule has 0 aliphatic carbocycles. The first-order chi connectivity index (χ1) is 5.72. The lowest BCUT2D eigenvalue weighted by atomic mass is 10.2. The van der Waals surface area contributed by atoms with E-state index in [0.29, 0.717) is 0 Å². The third kappa shape index (κ3) is 2.40. The summed E-state index contributed by atoms with van der Waals surface area (Å²) in [4.78, 5) is 0. The quantitative estimate of drug-likeness (QED) is 0.683. The minimum absolute atomic E-state index is 0.815. The summed E-state index contributed by atoms with van der Waals surface area (Å²) < 4.78 is 13.5. The van der Waals surface area contributed by atoms with Crippen LogP contribution in [0.5, 0.6) is 0 Å². The van der Waals surface area contributed by atoms with Crippen LogP contribution in [0.4, 0.5) is 5.69 Å². The molecule has 0 spiro atoms. The maximum atomic E-state index is 10.7. The van der Waals surface area contributed by atoms with Crippen LogP contribution >= 0.6 is 0 Å². The van der Waals surface area contributed by atoms with Crippen molar-refractivity contribution in [2.24, 2.45) is 0 Å². The lowest BCUT2D eigenvalue weighted by Crippen LogP contribution is -2.00. The van der Waals surface area contributed by atoms with Gasteiger partial charge in [0.2, 0.25) is 0 Å². The second-order valence-corrected chi connectivity index (χ2v) is 3.39. The summed E-state index contributed by atoms with van der Waals surface area (Å²) in [5, 5.41) is 0. The summed E-state index contributed by atoms with van der Waals surface area (Å²) in [6, 6.07) is 7.21. The zero-order valence-corrected chi connectivity index (χ0v) is 7.52. The fraction of sp³-hybridized carbons (Fsp3) is 0.111. The fourth-order valence-corrected chi connectivity index (χ4v) is 1.27. The molecular weight excluding hydrogens is 170 g/mol. The first kappa shape index (κ1) is 8.82. The van der Waals surface area contributed by atoms with Crippen LogP contribution in [0, 0.1) is 12.3 Å². The summed E-state index contributed by atoms with van der Waals surface area (Å²) in [6.45, 7) is 0. The van der Waals surface area contributed by atoms with Gasteiger partial charge in [0.1, 0.15) is 11.0 Å². The summed E-state index contributed by atoms with van der Waals surface area (Å²) in [6.07, 6.45) is 6.75. The zero-order chi connectivity index (χ0) is 8.97. The van der Waals surface area contributed by atoms with Gasteiger partial charge in [-0.1, -0.05) is 5.92 Å². The highest BCUT2D eigenvalue weighted by Gasteiger charge is 1.92. The van der Waals surface area contributed by atoms with E-state index >= 15 is 0 Å². The van der Waals surface area contributed by atoms with Crippen molar-refractivity contribution in [3.05, 3.63) is 29.8 Å². The molecule has 0 saturated heterocycles. The van der Waals surface area contributed by atoms with Crippen molar-refractivity contribution in [1.82, 2.24) is 0 Å². The third-order valence-electron chi connectivity index (χ3n) is 1.31. The molecular formula is C9H9NOS. The maximum Gasteiger partial charge on any atom is 0.113 e. The lowest BCUT2D eigenvalue weighted by molar-refractivity contribution is 0.690. The van der Waals surface area contributed by atoms with Gasteiger partial charge >= 0.3 is 0 Å². The second-order valence-electron chi connectivity index (χ2n) is 2.28. The number of nitrogens with one attached hydrogen (secondary N) is 1. The Morgan fingerprint density at radius 2 is 2.00 bits per heavy atom. The Hall–Kier alpha value is -1.27. The Morgan fingerprint density at radius 1 is 1.42 bits per heavy atom. The molecule has 1 atom stereocenters. The number of terminal acetylenes is 1. The number of hydrogen-bond donors (Lipinski definition) is 1. The molecule has 0 amide bonds. The van der Waals surface area contributed by atoms with E-state index in [2.05, 4.69) is 10.6 Å². The number of anilines is 1. The predicted octanol–water partition coefficient (Wildman–Crippen LogP) is 1.37. The summed E-state index contributed by atoms with van der Waals surface area (Å²) in [5.41, 5.74) is 1.64. The van der Waals surface area contributed by atoms with E-state index in [9.17, 15) is 4.21 Å². The highest BCUT2D eigenvalue weighted by atomic mass is 32.2. The van der Waals surface area contributed by atoms with Gasteiger partial charge in [0.05, 0.1) is 0 Å². The van der Waals surface area contributed by atoms with Crippen molar-refractivity contribution in [3.63, 3.8) is 0 Å². The smallest absolute Gasteiger partial charge is 0.113 e. The number of hydrogen-bond acceptors (Lipinski definition) is 1. The van der Waals surface area contributed by atoms with Gasteiger partial charge in [-0.25, -0.2) is 4.21 Å². The third-order valence-corrected chi connectivity index (χ3v) is 1.84. The molecule has 1 rings (SSSR count). The zero-order valence-electron chi connectivity index (χ0n) is 6.70. The van der Waals surface area contributed by atoms with Crippen LogP contribution < -0.4 is 4.72 Å². The van der Waals surface area contributed by atoms with Crippen LogP contribution in [-0.4, -0.2) is 10.5 Å². The van der Waals surface area contributed by atoms with Crippen molar-refractivity contribution in [1.29, 1.82) is 0 Å². The van der Waals surface area contributed by atoms with Crippen molar-refractivity contribution < 1.29 is 4.21 Å². The molecule has 1 aromatic carbocycles. The Balaban J connectivity index is 2.80. The second kappa shape index (κ2) is 3.93. The van der Waals surface area contributed by atoms with E-state index < -0.39 is 11.0 Å². The van der Waals surface area contributed by atoms with Gasteiger partial charge in [-0.3, -0.25) is 0 Å². The molecule has 1 aromatic rings. The molecule has 1 N–H and O–H groups in total. The van der Waals surface area contributed by atoms with Crippen LogP contribution in [0.25, 0.3) is 0 Å². The Kier molecular flexibility index (Phi) is 2.89. The molecule has 0 saturated carbocycles. The van der Waals surface area contributed by atoms with Gasteiger partial charge in [0, 0.05) is 17.5 Å². The summed E-state index contributed by atoms with van der Waals surface area (Å²) in [7, 11) is -1.03. The SMILES string of the molecule is C#Cc1ccc(NS(C)=O)cc1. The first-order valence-corrected chi connectivity index (χ1v) is 4.95. The van der Waals surface area contributed by atoms with Gasteiger partial charge in [-0.2, -0.15) is 0 Å². The molecule has 0 fully saturated rings. The van der Waals surface area contributed by atoms with Crippen LogP contribution in [0.15, 0.2) is 24.3 Å². The van der Waals surface area contributed by atoms with Gasteiger partial charge in [0.15, 0.2) is 0 Å². The van der Waals surface area contributed by atoms with Gasteiger partial charge in [-0.05, 0) is 24.3 Å². The Morgan fingerprint density at radius 3 is 2.42 bits per heavy atom.